The fourth-order valence-corrected chi connectivity index (χ4v) is 3.03. The third-order valence-electron chi connectivity index (χ3n) is 4.64. The van der Waals surface area contributed by atoms with E-state index < -0.39 is 0 Å². The summed E-state index contributed by atoms with van der Waals surface area (Å²) in [7, 11) is 3.57. The normalized spacial score (nSPS) is 17.8. The molecule has 0 aromatic carbocycles. The second-order valence-corrected chi connectivity index (χ2v) is 6.55. The molecule has 1 aliphatic rings. The van der Waals surface area contributed by atoms with E-state index in [1.807, 2.05) is 26.1 Å². The van der Waals surface area contributed by atoms with E-state index in [-0.39, 0.29) is 30.0 Å². The quantitative estimate of drug-likeness (QED) is 0.369. The molecule has 0 aliphatic carbocycles. The molecule has 1 fully saturated rings. The fraction of sp³-hybridized carbons (Fsp3) is 0.722. The Hall–Kier alpha value is -0.800. The highest BCUT2D eigenvalue weighted by Crippen LogP contribution is 2.17. The molecule has 7 heteroatoms. The molecule has 1 saturated heterocycles. The lowest BCUT2D eigenvalue weighted by Crippen LogP contribution is -2.43. The molecular weight excluding hydrogens is 431 g/mol. The second kappa shape index (κ2) is 11.7. The lowest BCUT2D eigenvalue weighted by atomic mass is 9.97. The number of nitrogens with zero attached hydrogens (tertiary/aromatic N) is 2. The number of aryl methyl sites for hydroxylation is 1. The molecule has 1 aromatic rings. The van der Waals surface area contributed by atoms with Gasteiger partial charge in [0.15, 0.2) is 5.96 Å². The van der Waals surface area contributed by atoms with Crippen molar-refractivity contribution < 1.29 is 9.15 Å². The highest BCUT2D eigenvalue weighted by atomic mass is 127. The number of rotatable bonds is 7. The van der Waals surface area contributed by atoms with Crippen LogP contribution in [0.2, 0.25) is 0 Å². The number of guanidine groups is 1. The third kappa shape index (κ3) is 7.53. The molecule has 25 heavy (non-hydrogen) atoms. The maximum Gasteiger partial charge on any atom is 0.191 e. The van der Waals surface area contributed by atoms with Crippen LogP contribution in [0.15, 0.2) is 21.5 Å². The van der Waals surface area contributed by atoms with E-state index in [4.69, 9.17) is 9.15 Å². The average Bonchev–Trinajstić information content (AvgIpc) is 3.04. The molecule has 1 unspecified atom stereocenters. The maximum atomic E-state index is 5.67. The van der Waals surface area contributed by atoms with Gasteiger partial charge in [0.2, 0.25) is 0 Å². The topological polar surface area (TPSA) is 62.0 Å². The number of furan rings is 1. The first-order valence-electron chi connectivity index (χ1n) is 8.87. The summed E-state index contributed by atoms with van der Waals surface area (Å²) in [4.78, 5) is 6.81. The Balaban J connectivity index is 0.00000312. The summed E-state index contributed by atoms with van der Waals surface area (Å²) in [5.41, 5.74) is 0. The Labute approximate surface area is 168 Å². The van der Waals surface area contributed by atoms with Crippen molar-refractivity contribution in [3.05, 3.63) is 23.7 Å². The van der Waals surface area contributed by atoms with Crippen LogP contribution in [0.3, 0.4) is 0 Å². The summed E-state index contributed by atoms with van der Waals surface area (Å²) in [6, 6.07) is 4.10. The van der Waals surface area contributed by atoms with Gasteiger partial charge in [0, 0.05) is 27.2 Å². The van der Waals surface area contributed by atoms with E-state index in [1.165, 1.54) is 12.8 Å². The molecule has 2 rings (SSSR count). The van der Waals surface area contributed by atoms with Crippen molar-refractivity contribution >= 4 is 29.9 Å². The van der Waals surface area contributed by atoms with Gasteiger partial charge in [-0.25, -0.2) is 0 Å². The molecule has 144 valence electrons. The Morgan fingerprint density at radius 3 is 2.68 bits per heavy atom. The number of piperidine rings is 1. The second-order valence-electron chi connectivity index (χ2n) is 6.55. The lowest BCUT2D eigenvalue weighted by Gasteiger charge is -2.32. The largest absolute Gasteiger partial charge is 0.464 e. The van der Waals surface area contributed by atoms with Crippen LogP contribution >= 0.6 is 24.0 Å². The molecule has 0 saturated carbocycles. The molecule has 0 radical (unpaired) electrons. The van der Waals surface area contributed by atoms with Gasteiger partial charge in [0.25, 0.3) is 0 Å². The Morgan fingerprint density at radius 2 is 2.12 bits per heavy atom. The molecule has 2 heterocycles. The van der Waals surface area contributed by atoms with Crippen LogP contribution in [0.4, 0.5) is 0 Å². The molecule has 6 nitrogen and oxygen atoms in total. The van der Waals surface area contributed by atoms with Gasteiger partial charge in [-0.3, -0.25) is 4.99 Å². The first kappa shape index (κ1) is 22.2. The van der Waals surface area contributed by atoms with E-state index in [0.717, 1.165) is 50.3 Å². The summed E-state index contributed by atoms with van der Waals surface area (Å²) in [6.07, 6.45) is 2.45. The first-order valence-corrected chi connectivity index (χ1v) is 8.87. The third-order valence-corrected chi connectivity index (χ3v) is 4.64. The van der Waals surface area contributed by atoms with Gasteiger partial charge >= 0.3 is 0 Å². The summed E-state index contributed by atoms with van der Waals surface area (Å²) < 4.78 is 10.8. The van der Waals surface area contributed by atoms with Crippen molar-refractivity contribution in [1.82, 2.24) is 15.5 Å². The molecule has 1 atom stereocenters. The Kier molecular flexibility index (Phi) is 10.4. The predicted octanol–water partition coefficient (Wildman–Crippen LogP) is 2.79. The van der Waals surface area contributed by atoms with Crippen molar-refractivity contribution in [3.8, 4) is 0 Å². The molecule has 0 amide bonds. The minimum atomic E-state index is 0. The number of nitrogens with one attached hydrogen (secondary N) is 2. The zero-order chi connectivity index (χ0) is 17.4. The summed E-state index contributed by atoms with van der Waals surface area (Å²) in [6.45, 7) is 9.18. The van der Waals surface area contributed by atoms with Crippen molar-refractivity contribution in [3.63, 3.8) is 0 Å². The van der Waals surface area contributed by atoms with Gasteiger partial charge in [-0.15, -0.1) is 24.0 Å². The number of hydrogen-bond donors (Lipinski definition) is 2. The Bertz CT molecular complexity index is 513. The number of halogens is 1. The van der Waals surface area contributed by atoms with E-state index in [2.05, 4.69) is 27.4 Å². The average molecular weight is 464 g/mol. The minimum absolute atomic E-state index is 0. The van der Waals surface area contributed by atoms with Crippen molar-refractivity contribution in [2.45, 2.75) is 32.7 Å². The molecule has 0 bridgehead atoms. The van der Waals surface area contributed by atoms with Gasteiger partial charge in [-0.1, -0.05) is 0 Å². The van der Waals surface area contributed by atoms with E-state index in [1.54, 1.807) is 7.11 Å². The molecule has 0 spiro atoms. The monoisotopic (exact) mass is 464 g/mol. The number of hydrogen-bond acceptors (Lipinski definition) is 4. The van der Waals surface area contributed by atoms with E-state index >= 15 is 0 Å². The van der Waals surface area contributed by atoms with Gasteiger partial charge in [-0.05, 0) is 57.8 Å². The van der Waals surface area contributed by atoms with Crippen molar-refractivity contribution in [2.24, 2.45) is 10.9 Å². The zero-order valence-electron chi connectivity index (χ0n) is 15.9. The predicted molar refractivity (Wildman–Crippen MR) is 113 cm³/mol. The van der Waals surface area contributed by atoms with Crippen LogP contribution in [0.5, 0.6) is 0 Å². The molecule has 1 aromatic heterocycles. The highest BCUT2D eigenvalue weighted by molar-refractivity contribution is 14.0. The number of ether oxygens (including phenoxy) is 1. The maximum absolute atomic E-state index is 5.67. The summed E-state index contributed by atoms with van der Waals surface area (Å²) in [5, 5.41) is 6.85. The number of likely N-dealkylation sites (tertiary alicyclic amines) is 1. The van der Waals surface area contributed by atoms with Crippen LogP contribution in [0.25, 0.3) is 0 Å². The van der Waals surface area contributed by atoms with E-state index in [0.29, 0.717) is 5.92 Å². The van der Waals surface area contributed by atoms with Crippen molar-refractivity contribution in [1.29, 1.82) is 0 Å². The van der Waals surface area contributed by atoms with Crippen LogP contribution in [0, 0.1) is 12.8 Å². The van der Waals surface area contributed by atoms with Crippen LogP contribution in [0.1, 0.15) is 37.3 Å². The van der Waals surface area contributed by atoms with E-state index in [9.17, 15) is 0 Å². The summed E-state index contributed by atoms with van der Waals surface area (Å²) >= 11 is 0. The van der Waals surface area contributed by atoms with Gasteiger partial charge in [0.1, 0.15) is 11.5 Å². The van der Waals surface area contributed by atoms with Gasteiger partial charge < -0.3 is 24.7 Å². The lowest BCUT2D eigenvalue weighted by molar-refractivity contribution is 0.121. The smallest absolute Gasteiger partial charge is 0.191 e. The fourth-order valence-electron chi connectivity index (χ4n) is 3.03. The Morgan fingerprint density at radius 1 is 1.40 bits per heavy atom. The van der Waals surface area contributed by atoms with Crippen molar-refractivity contribution in [2.75, 3.05) is 46.9 Å². The molecule has 1 aliphatic heterocycles. The first-order chi connectivity index (χ1) is 11.6. The number of aliphatic imine (C=N–C) groups is 1. The van der Waals surface area contributed by atoms with Gasteiger partial charge in [0.05, 0.1) is 12.6 Å². The minimum Gasteiger partial charge on any atom is -0.464 e. The number of methoxy groups -OCH3 is 1. The summed E-state index contributed by atoms with van der Waals surface area (Å²) in [5.74, 6) is 3.39. The van der Waals surface area contributed by atoms with Gasteiger partial charge in [-0.2, -0.15) is 0 Å². The van der Waals surface area contributed by atoms with Crippen LogP contribution in [-0.4, -0.2) is 57.8 Å². The molecular formula is C18H33IN4O2. The van der Waals surface area contributed by atoms with Crippen LogP contribution < -0.4 is 10.6 Å². The molecule has 2 N–H and O–H groups in total. The highest BCUT2D eigenvalue weighted by Gasteiger charge is 2.19. The zero-order valence-corrected chi connectivity index (χ0v) is 18.2. The van der Waals surface area contributed by atoms with Crippen LogP contribution in [-0.2, 0) is 4.74 Å². The SMILES string of the molecule is CN=C(NCC1CCN(CCOC)CC1)NC(C)c1ccc(C)o1.I. The standard InChI is InChI=1S/C18H32N4O2.HI/c1-14-5-6-17(24-14)15(2)21-18(19-3)20-13-16-7-9-22(10-8-16)11-12-23-4;/h5-6,15-16H,7-13H2,1-4H3,(H2,19,20,21);1H.